The van der Waals surface area contributed by atoms with Gasteiger partial charge in [0.05, 0.1) is 0 Å². The Morgan fingerprint density at radius 2 is 1.50 bits per heavy atom. The standard InChI is InChI=1S/C17H20N2O/c1-18(2)16-11-9-14(10-12-16)13-19(3)17(20)15-7-5-4-6-8-15/h4-12H,13H2,1-3H3. The predicted octanol–water partition coefficient (Wildman–Crippen LogP) is 3.02. The number of nitrogens with zero attached hydrogens (tertiary/aromatic N) is 2. The molecule has 0 aliphatic rings. The lowest BCUT2D eigenvalue weighted by atomic mass is 10.1. The molecular weight excluding hydrogens is 248 g/mol. The molecule has 0 N–H and O–H groups in total. The van der Waals surface area contributed by atoms with E-state index in [1.807, 2.05) is 51.5 Å². The van der Waals surface area contributed by atoms with Crippen molar-refractivity contribution in [3.8, 4) is 0 Å². The zero-order valence-electron chi connectivity index (χ0n) is 12.2. The van der Waals surface area contributed by atoms with E-state index in [1.165, 1.54) is 0 Å². The van der Waals surface area contributed by atoms with Crippen molar-refractivity contribution < 1.29 is 4.79 Å². The SMILES string of the molecule is CN(Cc1ccc(N(C)C)cc1)C(=O)c1ccccc1. The Hall–Kier alpha value is -2.29. The monoisotopic (exact) mass is 268 g/mol. The van der Waals surface area contributed by atoms with Crippen molar-refractivity contribution >= 4 is 11.6 Å². The van der Waals surface area contributed by atoms with Crippen LogP contribution < -0.4 is 4.90 Å². The average Bonchev–Trinajstić information content (AvgIpc) is 2.48. The number of hydrogen-bond donors (Lipinski definition) is 0. The summed E-state index contributed by atoms with van der Waals surface area (Å²) in [6, 6.07) is 17.6. The number of anilines is 1. The summed E-state index contributed by atoms with van der Waals surface area (Å²) in [5, 5.41) is 0. The van der Waals surface area contributed by atoms with Crippen LogP contribution in [0.4, 0.5) is 5.69 Å². The fraction of sp³-hybridized carbons (Fsp3) is 0.235. The first-order valence-electron chi connectivity index (χ1n) is 6.64. The largest absolute Gasteiger partial charge is 0.378 e. The van der Waals surface area contributed by atoms with Crippen LogP contribution in [0, 0.1) is 0 Å². The smallest absolute Gasteiger partial charge is 0.253 e. The van der Waals surface area contributed by atoms with E-state index in [2.05, 4.69) is 29.2 Å². The summed E-state index contributed by atoms with van der Waals surface area (Å²) in [7, 11) is 5.86. The average molecular weight is 268 g/mol. The molecule has 0 aliphatic carbocycles. The van der Waals surface area contributed by atoms with Crippen LogP contribution in [0.3, 0.4) is 0 Å². The van der Waals surface area contributed by atoms with E-state index in [4.69, 9.17) is 0 Å². The summed E-state index contributed by atoms with van der Waals surface area (Å²) in [5.41, 5.74) is 3.01. The molecule has 0 aromatic heterocycles. The highest BCUT2D eigenvalue weighted by Crippen LogP contribution is 2.14. The maximum Gasteiger partial charge on any atom is 0.253 e. The first-order valence-corrected chi connectivity index (χ1v) is 6.64. The Morgan fingerprint density at radius 3 is 2.05 bits per heavy atom. The third-order valence-electron chi connectivity index (χ3n) is 3.24. The molecule has 0 atom stereocenters. The molecule has 0 saturated heterocycles. The summed E-state index contributed by atoms with van der Waals surface area (Å²) in [6.07, 6.45) is 0. The zero-order valence-corrected chi connectivity index (χ0v) is 12.2. The van der Waals surface area contributed by atoms with Crippen LogP contribution in [-0.4, -0.2) is 32.0 Å². The van der Waals surface area contributed by atoms with Crippen molar-refractivity contribution in [3.05, 3.63) is 65.7 Å². The van der Waals surface area contributed by atoms with Gasteiger partial charge in [0.15, 0.2) is 0 Å². The molecule has 20 heavy (non-hydrogen) atoms. The number of carbonyl (C=O) groups is 1. The molecule has 0 saturated carbocycles. The van der Waals surface area contributed by atoms with Crippen LogP contribution in [0.1, 0.15) is 15.9 Å². The van der Waals surface area contributed by atoms with Gasteiger partial charge in [0.1, 0.15) is 0 Å². The van der Waals surface area contributed by atoms with Gasteiger partial charge in [-0.15, -0.1) is 0 Å². The molecule has 3 nitrogen and oxygen atoms in total. The lowest BCUT2D eigenvalue weighted by Gasteiger charge is -2.18. The van der Waals surface area contributed by atoms with E-state index >= 15 is 0 Å². The van der Waals surface area contributed by atoms with E-state index in [0.717, 1.165) is 16.8 Å². The van der Waals surface area contributed by atoms with Crippen molar-refractivity contribution in [2.24, 2.45) is 0 Å². The fourth-order valence-electron chi connectivity index (χ4n) is 2.05. The first kappa shape index (κ1) is 14.1. The summed E-state index contributed by atoms with van der Waals surface area (Å²) < 4.78 is 0. The topological polar surface area (TPSA) is 23.6 Å². The molecule has 0 fully saturated rings. The van der Waals surface area contributed by atoms with E-state index in [1.54, 1.807) is 4.90 Å². The van der Waals surface area contributed by atoms with Gasteiger partial charge in [0.25, 0.3) is 5.91 Å². The Kier molecular flexibility index (Phi) is 4.41. The highest BCUT2D eigenvalue weighted by Gasteiger charge is 2.11. The van der Waals surface area contributed by atoms with Gasteiger partial charge in [-0.3, -0.25) is 4.79 Å². The van der Waals surface area contributed by atoms with Crippen LogP contribution in [0.15, 0.2) is 54.6 Å². The van der Waals surface area contributed by atoms with Gasteiger partial charge in [-0.2, -0.15) is 0 Å². The third-order valence-corrected chi connectivity index (χ3v) is 3.24. The Bertz CT molecular complexity index is 561. The summed E-state index contributed by atoms with van der Waals surface area (Å²) >= 11 is 0. The van der Waals surface area contributed by atoms with Gasteiger partial charge in [-0.1, -0.05) is 30.3 Å². The molecule has 2 rings (SSSR count). The molecule has 1 amide bonds. The lowest BCUT2D eigenvalue weighted by Crippen LogP contribution is -2.26. The van der Waals surface area contributed by atoms with Gasteiger partial charge in [-0.05, 0) is 29.8 Å². The summed E-state index contributed by atoms with van der Waals surface area (Å²) in [4.78, 5) is 16.0. The highest BCUT2D eigenvalue weighted by molar-refractivity contribution is 5.93. The van der Waals surface area contributed by atoms with Gasteiger partial charge in [0.2, 0.25) is 0 Å². The van der Waals surface area contributed by atoms with Gasteiger partial charge < -0.3 is 9.80 Å². The van der Waals surface area contributed by atoms with Gasteiger partial charge in [0, 0.05) is 38.9 Å². The van der Waals surface area contributed by atoms with Gasteiger partial charge >= 0.3 is 0 Å². The van der Waals surface area contributed by atoms with E-state index in [0.29, 0.717) is 6.54 Å². The Balaban J connectivity index is 2.04. The zero-order chi connectivity index (χ0) is 14.5. The highest BCUT2D eigenvalue weighted by atomic mass is 16.2. The van der Waals surface area contributed by atoms with Crippen LogP contribution in [-0.2, 0) is 6.54 Å². The molecule has 104 valence electrons. The van der Waals surface area contributed by atoms with Crippen LogP contribution in [0.5, 0.6) is 0 Å². The number of hydrogen-bond acceptors (Lipinski definition) is 2. The molecule has 0 spiro atoms. The second-order valence-corrected chi connectivity index (χ2v) is 5.09. The predicted molar refractivity (Wildman–Crippen MR) is 83.0 cm³/mol. The molecule has 0 bridgehead atoms. The maximum atomic E-state index is 12.2. The van der Waals surface area contributed by atoms with E-state index in [9.17, 15) is 4.79 Å². The Morgan fingerprint density at radius 1 is 0.900 bits per heavy atom. The van der Waals surface area contributed by atoms with Crippen molar-refractivity contribution in [2.45, 2.75) is 6.54 Å². The minimum Gasteiger partial charge on any atom is -0.378 e. The van der Waals surface area contributed by atoms with Crippen LogP contribution in [0.25, 0.3) is 0 Å². The minimum atomic E-state index is 0.0438. The molecule has 0 radical (unpaired) electrons. The van der Waals surface area contributed by atoms with Crippen molar-refractivity contribution in [3.63, 3.8) is 0 Å². The molecule has 2 aromatic carbocycles. The fourth-order valence-corrected chi connectivity index (χ4v) is 2.05. The number of amides is 1. The number of rotatable bonds is 4. The summed E-state index contributed by atoms with van der Waals surface area (Å²) in [6.45, 7) is 0.613. The summed E-state index contributed by atoms with van der Waals surface area (Å²) in [5.74, 6) is 0.0438. The normalized spacial score (nSPS) is 10.2. The van der Waals surface area contributed by atoms with E-state index < -0.39 is 0 Å². The third kappa shape index (κ3) is 3.38. The second kappa shape index (κ2) is 6.24. The molecular formula is C17H20N2O. The van der Waals surface area contributed by atoms with Crippen LogP contribution >= 0.6 is 0 Å². The van der Waals surface area contributed by atoms with E-state index in [-0.39, 0.29) is 5.91 Å². The minimum absolute atomic E-state index is 0.0438. The van der Waals surface area contributed by atoms with Gasteiger partial charge in [-0.25, -0.2) is 0 Å². The van der Waals surface area contributed by atoms with Crippen LogP contribution in [0.2, 0.25) is 0 Å². The van der Waals surface area contributed by atoms with Crippen molar-refractivity contribution in [2.75, 3.05) is 26.0 Å². The molecule has 0 heterocycles. The molecule has 0 unspecified atom stereocenters. The first-order chi connectivity index (χ1) is 9.58. The lowest BCUT2D eigenvalue weighted by molar-refractivity contribution is 0.0785. The number of benzene rings is 2. The quantitative estimate of drug-likeness (QED) is 0.851. The molecule has 3 heteroatoms. The molecule has 0 aliphatic heterocycles. The maximum absolute atomic E-state index is 12.2. The second-order valence-electron chi connectivity index (χ2n) is 5.09. The number of carbonyl (C=O) groups excluding carboxylic acids is 1. The Labute approximate surface area is 120 Å². The molecule has 2 aromatic rings. The van der Waals surface area contributed by atoms with Crippen molar-refractivity contribution in [1.29, 1.82) is 0 Å². The van der Waals surface area contributed by atoms with Crippen molar-refractivity contribution in [1.82, 2.24) is 4.90 Å².